The third kappa shape index (κ3) is 2.96. The van der Waals surface area contributed by atoms with Gasteiger partial charge >= 0.3 is 5.97 Å². The molecule has 0 saturated carbocycles. The van der Waals surface area contributed by atoms with Crippen LogP contribution in [0.1, 0.15) is 4.88 Å². The van der Waals surface area contributed by atoms with Crippen molar-refractivity contribution in [3.8, 4) is 22.3 Å². The van der Waals surface area contributed by atoms with E-state index in [9.17, 15) is 4.79 Å². The molecule has 0 aliphatic carbocycles. The van der Waals surface area contributed by atoms with Crippen molar-refractivity contribution in [1.29, 1.82) is 0 Å². The summed E-state index contributed by atoms with van der Waals surface area (Å²) in [7, 11) is 1.32. The predicted octanol–water partition coefficient (Wildman–Crippen LogP) is 2.94. The van der Waals surface area contributed by atoms with Crippen molar-refractivity contribution in [1.82, 2.24) is 0 Å². The van der Waals surface area contributed by atoms with Crippen LogP contribution in [0.3, 0.4) is 0 Å². The van der Waals surface area contributed by atoms with Crippen molar-refractivity contribution in [2.45, 2.75) is 0 Å². The lowest BCUT2D eigenvalue weighted by atomic mass is 10.2. The summed E-state index contributed by atoms with van der Waals surface area (Å²) in [5, 5.41) is 0. The largest absolute Gasteiger partial charge is 0.459 e. The Balaban J connectivity index is 2.22. The van der Waals surface area contributed by atoms with Crippen LogP contribution in [0.5, 0.6) is 0 Å². The molecule has 2 aromatic rings. The molecular formula is C14H10O2S. The fourth-order valence-electron chi connectivity index (χ4n) is 1.33. The van der Waals surface area contributed by atoms with Crippen molar-refractivity contribution in [3.05, 3.63) is 47.3 Å². The quantitative estimate of drug-likeness (QED) is 0.567. The van der Waals surface area contributed by atoms with E-state index in [2.05, 4.69) is 16.6 Å². The average molecular weight is 242 g/mol. The standard InChI is InChI=1S/C14H10O2S/c1-16-14(15)10-8-12-7-9-13(17-12)11-5-3-2-4-6-11/h2-7,9H,1H3. The van der Waals surface area contributed by atoms with Gasteiger partial charge in [0, 0.05) is 10.8 Å². The Morgan fingerprint density at radius 3 is 2.65 bits per heavy atom. The molecule has 84 valence electrons. The monoisotopic (exact) mass is 242 g/mol. The van der Waals surface area contributed by atoms with Crippen LogP contribution < -0.4 is 0 Å². The second-order valence-electron chi connectivity index (χ2n) is 3.27. The molecule has 2 rings (SSSR count). The van der Waals surface area contributed by atoms with Crippen LogP contribution in [0.25, 0.3) is 10.4 Å². The summed E-state index contributed by atoms with van der Waals surface area (Å²) in [4.78, 5) is 12.9. The van der Waals surface area contributed by atoms with Crippen molar-refractivity contribution in [3.63, 3.8) is 0 Å². The molecule has 0 amide bonds. The molecule has 0 radical (unpaired) electrons. The number of esters is 1. The van der Waals surface area contributed by atoms with Gasteiger partial charge in [-0.3, -0.25) is 0 Å². The third-order valence-corrected chi connectivity index (χ3v) is 3.19. The molecule has 0 aliphatic rings. The van der Waals surface area contributed by atoms with Crippen LogP contribution in [0, 0.1) is 11.8 Å². The van der Waals surface area contributed by atoms with E-state index >= 15 is 0 Å². The Morgan fingerprint density at radius 2 is 1.94 bits per heavy atom. The summed E-state index contributed by atoms with van der Waals surface area (Å²) in [6.45, 7) is 0. The topological polar surface area (TPSA) is 26.3 Å². The molecule has 0 bridgehead atoms. The highest BCUT2D eigenvalue weighted by atomic mass is 32.1. The van der Waals surface area contributed by atoms with Crippen molar-refractivity contribution < 1.29 is 9.53 Å². The second-order valence-corrected chi connectivity index (χ2v) is 4.36. The lowest BCUT2D eigenvalue weighted by Gasteiger charge is -1.93. The summed E-state index contributed by atoms with van der Waals surface area (Å²) in [6.07, 6.45) is 0. The van der Waals surface area contributed by atoms with Gasteiger partial charge in [0.25, 0.3) is 0 Å². The average Bonchev–Trinajstić information content (AvgIpc) is 2.86. The van der Waals surface area contributed by atoms with E-state index in [0.29, 0.717) is 0 Å². The molecule has 0 N–H and O–H groups in total. The third-order valence-electron chi connectivity index (χ3n) is 2.14. The molecule has 0 aliphatic heterocycles. The van der Waals surface area contributed by atoms with E-state index in [1.165, 1.54) is 7.11 Å². The molecule has 0 atom stereocenters. The number of carbonyl (C=O) groups is 1. The van der Waals surface area contributed by atoms with Crippen LogP contribution in [-0.2, 0) is 9.53 Å². The van der Waals surface area contributed by atoms with Gasteiger partial charge in [-0.1, -0.05) is 30.3 Å². The normalized spacial score (nSPS) is 9.24. The molecular weight excluding hydrogens is 232 g/mol. The first-order chi connectivity index (χ1) is 8.29. The molecule has 0 fully saturated rings. The minimum absolute atomic E-state index is 0.514. The fourth-order valence-corrected chi connectivity index (χ4v) is 2.19. The Bertz CT molecular complexity index is 573. The number of thiophene rings is 1. The lowest BCUT2D eigenvalue weighted by molar-refractivity contribution is -0.133. The molecule has 0 spiro atoms. The van der Waals surface area contributed by atoms with Crippen LogP contribution in [0.15, 0.2) is 42.5 Å². The van der Waals surface area contributed by atoms with E-state index in [1.54, 1.807) is 11.3 Å². The van der Waals surface area contributed by atoms with Crippen LogP contribution in [0.4, 0.5) is 0 Å². The van der Waals surface area contributed by atoms with Gasteiger partial charge < -0.3 is 4.74 Å². The van der Waals surface area contributed by atoms with Crippen molar-refractivity contribution in [2.24, 2.45) is 0 Å². The van der Waals surface area contributed by atoms with E-state index in [0.717, 1.165) is 15.3 Å². The van der Waals surface area contributed by atoms with Gasteiger partial charge in [-0.05, 0) is 23.6 Å². The minimum atomic E-state index is -0.514. The fraction of sp³-hybridized carbons (Fsp3) is 0.0714. The zero-order chi connectivity index (χ0) is 12.1. The zero-order valence-electron chi connectivity index (χ0n) is 9.27. The summed E-state index contributed by atoms with van der Waals surface area (Å²) in [6, 6.07) is 14.0. The maximum atomic E-state index is 10.9. The van der Waals surface area contributed by atoms with E-state index in [-0.39, 0.29) is 0 Å². The summed E-state index contributed by atoms with van der Waals surface area (Å²) in [5.41, 5.74) is 1.16. The minimum Gasteiger partial charge on any atom is -0.459 e. The number of hydrogen-bond acceptors (Lipinski definition) is 3. The number of benzene rings is 1. The maximum Gasteiger partial charge on any atom is 0.384 e. The highest BCUT2D eigenvalue weighted by Crippen LogP contribution is 2.27. The Hall–Kier alpha value is -2.05. The van der Waals surface area contributed by atoms with Gasteiger partial charge in [0.05, 0.1) is 12.0 Å². The summed E-state index contributed by atoms with van der Waals surface area (Å²) < 4.78 is 4.46. The van der Waals surface area contributed by atoms with Crippen molar-refractivity contribution in [2.75, 3.05) is 7.11 Å². The smallest absolute Gasteiger partial charge is 0.384 e. The Kier molecular flexibility index (Phi) is 3.59. The molecule has 1 heterocycles. The maximum absolute atomic E-state index is 10.9. The van der Waals surface area contributed by atoms with Gasteiger partial charge in [-0.25, -0.2) is 4.79 Å². The molecule has 0 saturated heterocycles. The number of carbonyl (C=O) groups excluding carboxylic acids is 1. The van der Waals surface area contributed by atoms with Gasteiger partial charge in [0.15, 0.2) is 0 Å². The molecule has 3 heteroatoms. The molecule has 17 heavy (non-hydrogen) atoms. The summed E-state index contributed by atoms with van der Waals surface area (Å²) in [5.74, 6) is 4.68. The lowest BCUT2D eigenvalue weighted by Crippen LogP contribution is -1.93. The van der Waals surface area contributed by atoms with E-state index < -0.39 is 5.97 Å². The van der Waals surface area contributed by atoms with Gasteiger partial charge in [0.1, 0.15) is 0 Å². The van der Waals surface area contributed by atoms with Gasteiger partial charge in [-0.15, -0.1) is 11.3 Å². The van der Waals surface area contributed by atoms with E-state index in [1.807, 2.05) is 42.5 Å². The molecule has 2 nitrogen and oxygen atoms in total. The Labute approximate surface area is 104 Å². The van der Waals surface area contributed by atoms with Crippen LogP contribution in [-0.4, -0.2) is 13.1 Å². The number of ether oxygens (including phenoxy) is 1. The van der Waals surface area contributed by atoms with E-state index in [4.69, 9.17) is 0 Å². The summed E-state index contributed by atoms with van der Waals surface area (Å²) >= 11 is 1.56. The van der Waals surface area contributed by atoms with Gasteiger partial charge in [0.2, 0.25) is 0 Å². The molecule has 1 aromatic carbocycles. The number of hydrogen-bond donors (Lipinski definition) is 0. The Morgan fingerprint density at radius 1 is 1.18 bits per heavy atom. The predicted molar refractivity (Wildman–Crippen MR) is 68.6 cm³/mol. The highest BCUT2D eigenvalue weighted by Gasteiger charge is 2.00. The van der Waals surface area contributed by atoms with Gasteiger partial charge in [-0.2, -0.15) is 0 Å². The SMILES string of the molecule is COC(=O)C#Cc1ccc(-c2ccccc2)s1. The van der Waals surface area contributed by atoms with Crippen LogP contribution in [0.2, 0.25) is 0 Å². The first-order valence-corrected chi connectivity index (χ1v) is 5.86. The first-order valence-electron chi connectivity index (χ1n) is 5.05. The highest BCUT2D eigenvalue weighted by molar-refractivity contribution is 7.16. The number of rotatable bonds is 1. The number of methoxy groups -OCH3 is 1. The first kappa shape index (κ1) is 11.4. The molecule has 1 aromatic heterocycles. The van der Waals surface area contributed by atoms with Crippen LogP contribution >= 0.6 is 11.3 Å². The zero-order valence-corrected chi connectivity index (χ0v) is 10.1. The second kappa shape index (κ2) is 5.33. The molecule has 0 unspecified atom stereocenters. The van der Waals surface area contributed by atoms with Crippen molar-refractivity contribution >= 4 is 17.3 Å².